The zero-order valence-electron chi connectivity index (χ0n) is 19.7. The second kappa shape index (κ2) is 7.54. The van der Waals surface area contributed by atoms with Gasteiger partial charge in [-0.25, -0.2) is 0 Å². The first-order valence-electron chi connectivity index (χ1n) is 12.1. The molecule has 4 heterocycles. The van der Waals surface area contributed by atoms with E-state index in [1.165, 1.54) is 25.0 Å². The van der Waals surface area contributed by atoms with E-state index < -0.39 is 0 Å². The van der Waals surface area contributed by atoms with Crippen LogP contribution in [-0.2, 0) is 4.79 Å². The van der Waals surface area contributed by atoms with E-state index >= 15 is 0 Å². The van der Waals surface area contributed by atoms with E-state index in [2.05, 4.69) is 36.3 Å². The molecular weight excluding hydrogens is 412 g/mol. The van der Waals surface area contributed by atoms with Crippen LogP contribution in [0.1, 0.15) is 38.2 Å². The number of nitrogens with zero attached hydrogens (tertiary/aromatic N) is 2. The molecule has 33 heavy (non-hydrogen) atoms. The molecule has 1 aromatic rings. The minimum Gasteiger partial charge on any atom is -0.493 e. The third kappa shape index (κ3) is 3.16. The lowest BCUT2D eigenvalue weighted by Gasteiger charge is -2.69. The van der Waals surface area contributed by atoms with Crippen LogP contribution < -0.4 is 9.47 Å². The van der Waals surface area contributed by atoms with Gasteiger partial charge in [0.2, 0.25) is 0 Å². The first-order valence-corrected chi connectivity index (χ1v) is 12.1. The number of ether oxygens (including phenoxy) is 2. The Balaban J connectivity index is 1.29. The Labute approximate surface area is 196 Å². The Hall–Kier alpha value is -2.95. The van der Waals surface area contributed by atoms with Crippen LogP contribution in [0.25, 0.3) is 5.57 Å². The SMILES string of the molecule is COc1ccc(C2=CC(=O)N3C=C(N4CC5CC6(CCC56)C4)C=CC3=CCC2C)cc1OC. The summed E-state index contributed by atoms with van der Waals surface area (Å²) in [5.74, 6) is 3.39. The summed E-state index contributed by atoms with van der Waals surface area (Å²) in [6, 6.07) is 5.88. The fourth-order valence-electron chi connectivity index (χ4n) is 6.79. The topological polar surface area (TPSA) is 42.0 Å². The molecule has 4 fully saturated rings. The Bertz CT molecular complexity index is 1130. The van der Waals surface area contributed by atoms with Crippen LogP contribution in [-0.4, -0.2) is 43.0 Å². The van der Waals surface area contributed by atoms with Gasteiger partial charge in [-0.15, -0.1) is 0 Å². The average Bonchev–Trinajstić information content (AvgIpc) is 2.83. The van der Waals surface area contributed by atoms with Gasteiger partial charge in [0.05, 0.1) is 19.9 Å². The molecule has 0 aromatic heterocycles. The number of rotatable bonds is 4. The van der Waals surface area contributed by atoms with Crippen molar-refractivity contribution in [3.8, 4) is 11.5 Å². The number of hydrogen-bond acceptors (Lipinski definition) is 4. The van der Waals surface area contributed by atoms with Crippen molar-refractivity contribution in [1.82, 2.24) is 9.80 Å². The first kappa shape index (κ1) is 20.6. The minimum atomic E-state index is 0.00119. The molecular formula is C28H32N2O3. The van der Waals surface area contributed by atoms with Crippen LogP contribution in [0.15, 0.2) is 60.1 Å². The molecule has 2 bridgehead atoms. The zero-order valence-corrected chi connectivity index (χ0v) is 19.7. The van der Waals surface area contributed by atoms with Crippen LogP contribution in [0, 0.1) is 23.2 Å². The summed E-state index contributed by atoms with van der Waals surface area (Å²) < 4.78 is 10.9. The molecule has 2 saturated carbocycles. The van der Waals surface area contributed by atoms with Crippen LogP contribution >= 0.6 is 0 Å². The Kier molecular flexibility index (Phi) is 4.72. The molecule has 1 amide bonds. The van der Waals surface area contributed by atoms with Crippen molar-refractivity contribution in [2.24, 2.45) is 23.2 Å². The Morgan fingerprint density at radius 1 is 1.09 bits per heavy atom. The lowest BCUT2D eigenvalue weighted by atomic mass is 9.41. The van der Waals surface area contributed by atoms with E-state index in [4.69, 9.17) is 9.47 Å². The van der Waals surface area contributed by atoms with Crippen molar-refractivity contribution in [3.05, 3.63) is 65.7 Å². The summed E-state index contributed by atoms with van der Waals surface area (Å²) in [6.07, 6.45) is 15.5. The van der Waals surface area contributed by atoms with Crippen molar-refractivity contribution in [2.45, 2.75) is 32.6 Å². The molecule has 5 nitrogen and oxygen atoms in total. The largest absolute Gasteiger partial charge is 0.493 e. The summed E-state index contributed by atoms with van der Waals surface area (Å²) in [4.78, 5) is 17.8. The van der Waals surface area contributed by atoms with Gasteiger partial charge in [-0.2, -0.15) is 0 Å². The number of fused-ring (bicyclic) bond motifs is 3. The summed E-state index contributed by atoms with van der Waals surface area (Å²) in [7, 11) is 3.27. The maximum Gasteiger partial charge on any atom is 0.255 e. The summed E-state index contributed by atoms with van der Waals surface area (Å²) >= 11 is 0. The molecule has 7 rings (SSSR count). The third-order valence-corrected chi connectivity index (χ3v) is 8.71. The highest BCUT2D eigenvalue weighted by molar-refractivity contribution is 5.98. The molecule has 2 saturated heterocycles. The maximum absolute atomic E-state index is 13.5. The number of piperidine rings is 2. The van der Waals surface area contributed by atoms with Gasteiger partial charge >= 0.3 is 0 Å². The van der Waals surface area contributed by atoms with Gasteiger partial charge < -0.3 is 14.4 Å². The van der Waals surface area contributed by atoms with Gasteiger partial charge in [-0.3, -0.25) is 9.69 Å². The molecule has 1 aromatic carbocycles. The van der Waals surface area contributed by atoms with E-state index in [0.29, 0.717) is 16.9 Å². The number of carbonyl (C=O) groups is 1. The second-order valence-electron chi connectivity index (χ2n) is 10.4. The molecule has 1 spiro atoms. The molecule has 0 radical (unpaired) electrons. The monoisotopic (exact) mass is 444 g/mol. The van der Waals surface area contributed by atoms with E-state index in [1.54, 1.807) is 20.3 Å². The number of hydrogen-bond donors (Lipinski definition) is 0. The van der Waals surface area contributed by atoms with Crippen molar-refractivity contribution >= 4 is 11.5 Å². The molecule has 0 N–H and O–H groups in total. The molecule has 4 atom stereocenters. The highest BCUT2D eigenvalue weighted by Crippen LogP contribution is 2.67. The minimum absolute atomic E-state index is 0.00119. The smallest absolute Gasteiger partial charge is 0.255 e. The predicted octanol–water partition coefficient (Wildman–Crippen LogP) is 4.98. The lowest BCUT2D eigenvalue weighted by Crippen LogP contribution is -2.67. The number of amides is 1. The number of benzene rings is 1. The Morgan fingerprint density at radius 3 is 2.61 bits per heavy atom. The standard InChI is InChI=1S/C28H32N2O3/c1-18-4-6-21-7-8-22(29-15-20-14-28(17-29)11-10-24(20)28)16-30(21)27(31)13-23(18)19-5-9-25(32-2)26(12-19)33-3/h5-9,12-13,16,18,20,24H,4,10-11,14-15,17H2,1-3H3. The van der Waals surface area contributed by atoms with Crippen LogP contribution in [0.4, 0.5) is 0 Å². The summed E-state index contributed by atoms with van der Waals surface area (Å²) in [6.45, 7) is 4.45. The number of allylic oxidation sites excluding steroid dienone is 4. The highest BCUT2D eigenvalue weighted by Gasteiger charge is 2.63. The summed E-state index contributed by atoms with van der Waals surface area (Å²) in [5, 5.41) is 0. The van der Waals surface area contributed by atoms with Crippen molar-refractivity contribution in [2.75, 3.05) is 27.3 Å². The molecule has 6 aliphatic rings. The zero-order chi connectivity index (χ0) is 22.7. The van der Waals surface area contributed by atoms with Crippen LogP contribution in [0.3, 0.4) is 0 Å². The van der Waals surface area contributed by atoms with Crippen molar-refractivity contribution < 1.29 is 14.3 Å². The van der Waals surface area contributed by atoms with Crippen molar-refractivity contribution in [3.63, 3.8) is 0 Å². The van der Waals surface area contributed by atoms with Gasteiger partial charge in [-0.05, 0) is 84.3 Å². The molecule has 5 heteroatoms. The fourth-order valence-corrected chi connectivity index (χ4v) is 6.79. The lowest BCUT2D eigenvalue weighted by molar-refractivity contribution is -0.189. The van der Waals surface area contributed by atoms with Gasteiger partial charge in [0.25, 0.3) is 5.91 Å². The quantitative estimate of drug-likeness (QED) is 0.657. The van der Waals surface area contributed by atoms with Crippen LogP contribution in [0.5, 0.6) is 11.5 Å². The maximum atomic E-state index is 13.5. The van der Waals surface area contributed by atoms with Gasteiger partial charge in [0.1, 0.15) is 0 Å². The fraction of sp³-hybridized carbons (Fsp3) is 0.464. The number of carbonyl (C=O) groups excluding carboxylic acids is 1. The number of methoxy groups -OCH3 is 2. The second-order valence-corrected chi connectivity index (χ2v) is 10.4. The van der Waals surface area contributed by atoms with E-state index in [-0.39, 0.29) is 11.8 Å². The summed E-state index contributed by atoms with van der Waals surface area (Å²) in [5.41, 5.74) is 4.73. The highest BCUT2D eigenvalue weighted by atomic mass is 16.5. The molecule has 4 aliphatic heterocycles. The predicted molar refractivity (Wildman–Crippen MR) is 128 cm³/mol. The van der Waals surface area contributed by atoms with E-state index in [0.717, 1.165) is 48.2 Å². The first-order chi connectivity index (χ1) is 16.0. The molecule has 4 unspecified atom stereocenters. The van der Waals surface area contributed by atoms with Crippen molar-refractivity contribution in [1.29, 1.82) is 0 Å². The van der Waals surface area contributed by atoms with E-state index in [1.807, 2.05) is 23.1 Å². The van der Waals surface area contributed by atoms with Gasteiger partial charge in [0.15, 0.2) is 11.5 Å². The molecule has 172 valence electrons. The average molecular weight is 445 g/mol. The van der Waals surface area contributed by atoms with Gasteiger partial charge in [-0.1, -0.05) is 19.1 Å². The van der Waals surface area contributed by atoms with Gasteiger partial charge in [0, 0.05) is 31.1 Å². The third-order valence-electron chi connectivity index (χ3n) is 8.71. The van der Waals surface area contributed by atoms with E-state index in [9.17, 15) is 4.79 Å². The Morgan fingerprint density at radius 2 is 1.91 bits per heavy atom. The molecule has 2 aliphatic carbocycles. The van der Waals surface area contributed by atoms with Crippen LogP contribution in [0.2, 0.25) is 0 Å². The normalized spacial score (nSPS) is 32.2.